The Kier molecular flexibility index (Phi) is 5.47. The molecule has 0 spiro atoms. The summed E-state index contributed by atoms with van der Waals surface area (Å²) in [6.45, 7) is 4.64. The molecule has 0 radical (unpaired) electrons. The highest BCUT2D eigenvalue weighted by atomic mass is 79.9. The number of benzene rings is 1. The van der Waals surface area contributed by atoms with Gasteiger partial charge in [0.15, 0.2) is 0 Å². The van der Waals surface area contributed by atoms with Gasteiger partial charge >= 0.3 is 0 Å². The predicted molar refractivity (Wildman–Crippen MR) is 84.1 cm³/mol. The van der Waals surface area contributed by atoms with Crippen LogP contribution in [0.5, 0.6) is 0 Å². The van der Waals surface area contributed by atoms with Crippen molar-refractivity contribution in [1.82, 2.24) is 0 Å². The van der Waals surface area contributed by atoms with Gasteiger partial charge in [-0.2, -0.15) is 0 Å². The van der Waals surface area contributed by atoms with Crippen LogP contribution in [0.1, 0.15) is 45.1 Å². The minimum Gasteiger partial charge on any atom is -0.392 e. The molecule has 1 fully saturated rings. The first-order valence-corrected chi connectivity index (χ1v) is 8.28. The molecule has 1 atom stereocenters. The van der Waals surface area contributed by atoms with Gasteiger partial charge in [-0.1, -0.05) is 48.0 Å². The normalized spacial score (nSPS) is 25.5. The lowest BCUT2D eigenvalue weighted by atomic mass is 9.74. The average Bonchev–Trinajstić information content (AvgIpc) is 2.41. The molecule has 19 heavy (non-hydrogen) atoms. The first-order valence-electron chi connectivity index (χ1n) is 7.49. The maximum Gasteiger partial charge on any atom is 0.0609 e. The Morgan fingerprint density at radius 1 is 1.11 bits per heavy atom. The second kappa shape index (κ2) is 6.90. The zero-order valence-corrected chi connectivity index (χ0v) is 13.6. The third-order valence-corrected chi connectivity index (χ3v) is 5.46. The van der Waals surface area contributed by atoms with Gasteiger partial charge in [-0.05, 0) is 61.5 Å². The standard InChI is InChI=1S/C17H25BrO/c1-12(2)13-7-9-14(10-8-13)17(19)11-15-5-3-4-6-16(15)18/h3-6,12-14,17,19H,7-11H2,1-2H3. The van der Waals surface area contributed by atoms with Crippen LogP contribution in [0.25, 0.3) is 0 Å². The maximum absolute atomic E-state index is 10.5. The number of aliphatic hydroxyl groups is 1. The molecule has 1 N–H and O–H groups in total. The highest BCUT2D eigenvalue weighted by Gasteiger charge is 2.27. The summed E-state index contributed by atoms with van der Waals surface area (Å²) in [5.41, 5.74) is 1.22. The van der Waals surface area contributed by atoms with Gasteiger partial charge in [0.1, 0.15) is 0 Å². The molecule has 1 aromatic rings. The van der Waals surface area contributed by atoms with Crippen LogP contribution < -0.4 is 0 Å². The van der Waals surface area contributed by atoms with Gasteiger partial charge in [-0.25, -0.2) is 0 Å². The molecule has 1 nitrogen and oxygen atoms in total. The molecule has 1 aliphatic carbocycles. The van der Waals surface area contributed by atoms with Crippen molar-refractivity contribution in [3.05, 3.63) is 34.3 Å². The third kappa shape index (κ3) is 4.06. The van der Waals surface area contributed by atoms with Crippen LogP contribution >= 0.6 is 15.9 Å². The molecule has 0 aliphatic heterocycles. The molecule has 1 saturated carbocycles. The molecule has 2 rings (SSSR count). The Hall–Kier alpha value is -0.340. The lowest BCUT2D eigenvalue weighted by molar-refractivity contribution is 0.0674. The van der Waals surface area contributed by atoms with Crippen molar-refractivity contribution in [2.24, 2.45) is 17.8 Å². The van der Waals surface area contributed by atoms with E-state index in [1.54, 1.807) is 0 Å². The summed E-state index contributed by atoms with van der Waals surface area (Å²) in [6.07, 6.45) is 5.54. The van der Waals surface area contributed by atoms with Crippen LogP contribution in [0, 0.1) is 17.8 Å². The molecule has 1 aromatic carbocycles. The molecular weight excluding hydrogens is 300 g/mol. The number of rotatable bonds is 4. The summed E-state index contributed by atoms with van der Waals surface area (Å²) in [5, 5.41) is 10.5. The van der Waals surface area contributed by atoms with Crippen molar-refractivity contribution in [2.45, 2.75) is 52.1 Å². The van der Waals surface area contributed by atoms with Crippen LogP contribution in [0.4, 0.5) is 0 Å². The number of aliphatic hydroxyl groups excluding tert-OH is 1. The Balaban J connectivity index is 1.88. The van der Waals surface area contributed by atoms with Gasteiger partial charge in [-0.15, -0.1) is 0 Å². The fourth-order valence-corrected chi connectivity index (χ4v) is 3.70. The van der Waals surface area contributed by atoms with Gasteiger partial charge in [0.25, 0.3) is 0 Å². The lowest BCUT2D eigenvalue weighted by Crippen LogP contribution is -2.28. The van der Waals surface area contributed by atoms with Crippen LogP contribution in [-0.2, 0) is 6.42 Å². The summed E-state index contributed by atoms with van der Waals surface area (Å²) in [5.74, 6) is 2.15. The smallest absolute Gasteiger partial charge is 0.0609 e. The van der Waals surface area contributed by atoms with E-state index >= 15 is 0 Å². The van der Waals surface area contributed by atoms with E-state index < -0.39 is 0 Å². The number of hydrogen-bond donors (Lipinski definition) is 1. The predicted octanol–water partition coefficient (Wildman–Crippen LogP) is 4.81. The third-order valence-electron chi connectivity index (χ3n) is 4.69. The Morgan fingerprint density at radius 2 is 1.68 bits per heavy atom. The summed E-state index contributed by atoms with van der Waals surface area (Å²) in [7, 11) is 0. The highest BCUT2D eigenvalue weighted by molar-refractivity contribution is 9.10. The first-order chi connectivity index (χ1) is 9.08. The quantitative estimate of drug-likeness (QED) is 0.842. The topological polar surface area (TPSA) is 20.2 Å². The van der Waals surface area contributed by atoms with Gasteiger partial charge in [-0.3, -0.25) is 0 Å². The molecule has 0 amide bonds. The Morgan fingerprint density at radius 3 is 2.26 bits per heavy atom. The second-order valence-electron chi connectivity index (χ2n) is 6.28. The molecule has 106 valence electrons. The van der Waals surface area contributed by atoms with E-state index in [9.17, 15) is 5.11 Å². The lowest BCUT2D eigenvalue weighted by Gasteiger charge is -2.33. The molecule has 1 aliphatic rings. The van der Waals surface area contributed by atoms with E-state index in [2.05, 4.69) is 41.9 Å². The van der Waals surface area contributed by atoms with Crippen molar-refractivity contribution in [3.8, 4) is 0 Å². The molecule has 2 heteroatoms. The van der Waals surface area contributed by atoms with Gasteiger partial charge in [0.2, 0.25) is 0 Å². The van der Waals surface area contributed by atoms with Crippen molar-refractivity contribution in [2.75, 3.05) is 0 Å². The molecule has 1 unspecified atom stereocenters. The summed E-state index contributed by atoms with van der Waals surface area (Å²) < 4.78 is 1.12. The van der Waals surface area contributed by atoms with Crippen LogP contribution in [0.2, 0.25) is 0 Å². The average molecular weight is 325 g/mol. The van der Waals surface area contributed by atoms with Crippen molar-refractivity contribution >= 4 is 15.9 Å². The Labute approximate surface area is 125 Å². The van der Waals surface area contributed by atoms with E-state index in [4.69, 9.17) is 0 Å². The largest absolute Gasteiger partial charge is 0.392 e. The summed E-state index contributed by atoms with van der Waals surface area (Å²) >= 11 is 3.57. The zero-order chi connectivity index (χ0) is 13.8. The van der Waals surface area contributed by atoms with E-state index in [1.807, 2.05) is 12.1 Å². The fraction of sp³-hybridized carbons (Fsp3) is 0.647. The first kappa shape index (κ1) is 15.1. The van der Waals surface area contributed by atoms with Crippen LogP contribution in [-0.4, -0.2) is 11.2 Å². The molecule has 0 saturated heterocycles. The zero-order valence-electron chi connectivity index (χ0n) is 12.0. The molecular formula is C17H25BrO. The number of hydrogen-bond acceptors (Lipinski definition) is 1. The SMILES string of the molecule is CC(C)C1CCC(C(O)Cc2ccccc2Br)CC1. The van der Waals surface area contributed by atoms with Gasteiger partial charge in [0.05, 0.1) is 6.10 Å². The minimum absolute atomic E-state index is 0.188. The van der Waals surface area contributed by atoms with Crippen molar-refractivity contribution in [1.29, 1.82) is 0 Å². The summed E-state index contributed by atoms with van der Waals surface area (Å²) in [4.78, 5) is 0. The van der Waals surface area contributed by atoms with Gasteiger partial charge in [0, 0.05) is 4.47 Å². The molecule has 0 heterocycles. The Bertz CT molecular complexity index is 394. The van der Waals surface area contributed by atoms with E-state index in [-0.39, 0.29) is 6.10 Å². The van der Waals surface area contributed by atoms with E-state index in [0.717, 1.165) is 22.7 Å². The minimum atomic E-state index is -0.188. The monoisotopic (exact) mass is 324 g/mol. The summed E-state index contributed by atoms with van der Waals surface area (Å²) in [6, 6.07) is 8.22. The van der Waals surface area contributed by atoms with Crippen LogP contribution in [0.15, 0.2) is 28.7 Å². The molecule has 0 aromatic heterocycles. The van der Waals surface area contributed by atoms with E-state index in [0.29, 0.717) is 5.92 Å². The highest BCUT2D eigenvalue weighted by Crippen LogP contribution is 2.35. The van der Waals surface area contributed by atoms with E-state index in [1.165, 1.54) is 31.2 Å². The van der Waals surface area contributed by atoms with Gasteiger partial charge < -0.3 is 5.11 Å². The molecule has 0 bridgehead atoms. The van der Waals surface area contributed by atoms with Crippen LogP contribution in [0.3, 0.4) is 0 Å². The number of halogens is 1. The van der Waals surface area contributed by atoms with Crippen molar-refractivity contribution < 1.29 is 5.11 Å². The maximum atomic E-state index is 10.5. The fourth-order valence-electron chi connectivity index (χ4n) is 3.25. The second-order valence-corrected chi connectivity index (χ2v) is 7.14. The van der Waals surface area contributed by atoms with Crippen molar-refractivity contribution in [3.63, 3.8) is 0 Å².